The van der Waals surface area contributed by atoms with Crippen molar-refractivity contribution in [2.45, 2.75) is 39.0 Å². The van der Waals surface area contributed by atoms with Crippen LogP contribution in [0.2, 0.25) is 5.15 Å². The Morgan fingerprint density at radius 3 is 2.94 bits per heavy atom. The Bertz CT molecular complexity index is 545. The molecule has 4 heteroatoms. The van der Waals surface area contributed by atoms with E-state index in [1.165, 1.54) is 30.5 Å². The molecular formula is C12H14ClN3. The van der Waals surface area contributed by atoms with E-state index in [1.54, 1.807) is 4.52 Å². The molecule has 0 saturated heterocycles. The smallest absolute Gasteiger partial charge is 0.157 e. The fourth-order valence-corrected chi connectivity index (χ4v) is 2.72. The first-order valence-electron chi connectivity index (χ1n) is 5.79. The van der Waals surface area contributed by atoms with Crippen molar-refractivity contribution >= 4 is 17.2 Å². The zero-order valence-corrected chi connectivity index (χ0v) is 10.1. The molecule has 0 amide bonds. The highest BCUT2D eigenvalue weighted by atomic mass is 35.5. The minimum absolute atomic E-state index is 0.759. The first kappa shape index (κ1) is 10.1. The molecule has 1 aliphatic rings. The minimum Gasteiger partial charge on any atom is -0.233 e. The lowest BCUT2D eigenvalue weighted by molar-refractivity contribution is 0.709. The number of hydrogen-bond donors (Lipinski definition) is 0. The van der Waals surface area contributed by atoms with Crippen molar-refractivity contribution in [3.8, 4) is 0 Å². The van der Waals surface area contributed by atoms with E-state index >= 15 is 0 Å². The normalized spacial score (nSPS) is 16.1. The molecule has 0 bridgehead atoms. The molecular weight excluding hydrogens is 222 g/mol. The van der Waals surface area contributed by atoms with Gasteiger partial charge in [0.25, 0.3) is 0 Å². The average molecular weight is 236 g/mol. The lowest BCUT2D eigenvalue weighted by Crippen LogP contribution is -2.03. The van der Waals surface area contributed by atoms with Crippen LogP contribution in [0.4, 0.5) is 0 Å². The Morgan fingerprint density at radius 2 is 2.06 bits per heavy atom. The van der Waals surface area contributed by atoms with Crippen molar-refractivity contribution in [2.75, 3.05) is 0 Å². The van der Waals surface area contributed by atoms with Crippen LogP contribution in [-0.2, 0) is 12.8 Å². The number of halogens is 1. The molecule has 2 heterocycles. The molecule has 1 aliphatic carbocycles. The van der Waals surface area contributed by atoms with E-state index in [0.717, 1.165) is 29.3 Å². The molecule has 0 radical (unpaired) electrons. The second-order valence-electron chi connectivity index (χ2n) is 4.44. The van der Waals surface area contributed by atoms with E-state index in [9.17, 15) is 0 Å². The number of fused-ring (bicyclic) bond motifs is 2. The van der Waals surface area contributed by atoms with Crippen molar-refractivity contribution in [1.82, 2.24) is 14.6 Å². The molecule has 2 aromatic heterocycles. The Kier molecular flexibility index (Phi) is 2.36. The monoisotopic (exact) mass is 235 g/mol. The van der Waals surface area contributed by atoms with Crippen LogP contribution >= 0.6 is 11.6 Å². The number of hydrogen-bond acceptors (Lipinski definition) is 2. The molecule has 0 atom stereocenters. The summed E-state index contributed by atoms with van der Waals surface area (Å²) in [6.07, 6.45) is 5.79. The quantitative estimate of drug-likeness (QED) is 0.519. The summed E-state index contributed by atoms with van der Waals surface area (Å²) in [6.45, 7) is 1.97. The molecule has 0 aromatic carbocycles. The SMILES string of the molecule is Cc1cc2nc3c(c(Cl)n2n1)CCCCC3. The van der Waals surface area contributed by atoms with E-state index in [2.05, 4.69) is 10.1 Å². The molecule has 0 aliphatic heterocycles. The summed E-state index contributed by atoms with van der Waals surface area (Å²) < 4.78 is 1.76. The van der Waals surface area contributed by atoms with E-state index in [0.29, 0.717) is 0 Å². The van der Waals surface area contributed by atoms with Gasteiger partial charge in [-0.05, 0) is 32.6 Å². The van der Waals surface area contributed by atoms with Crippen LogP contribution in [0.1, 0.15) is 36.2 Å². The van der Waals surface area contributed by atoms with Gasteiger partial charge in [0.15, 0.2) is 5.65 Å². The Hall–Kier alpha value is -1.09. The maximum atomic E-state index is 6.41. The Labute approximate surface area is 99.4 Å². The van der Waals surface area contributed by atoms with E-state index < -0.39 is 0 Å². The second kappa shape index (κ2) is 3.74. The molecule has 16 heavy (non-hydrogen) atoms. The highest BCUT2D eigenvalue weighted by molar-refractivity contribution is 6.30. The Morgan fingerprint density at radius 1 is 1.25 bits per heavy atom. The summed E-state index contributed by atoms with van der Waals surface area (Å²) in [7, 11) is 0. The highest BCUT2D eigenvalue weighted by Crippen LogP contribution is 2.26. The van der Waals surface area contributed by atoms with Crippen molar-refractivity contribution in [3.05, 3.63) is 28.2 Å². The second-order valence-corrected chi connectivity index (χ2v) is 4.80. The first-order chi connectivity index (χ1) is 7.75. The number of aryl methyl sites for hydroxylation is 2. The molecule has 0 unspecified atom stereocenters. The van der Waals surface area contributed by atoms with Gasteiger partial charge in [0.1, 0.15) is 5.15 Å². The van der Waals surface area contributed by atoms with Gasteiger partial charge in [-0.2, -0.15) is 5.10 Å². The largest absolute Gasteiger partial charge is 0.233 e. The Balaban J connectivity index is 2.28. The minimum atomic E-state index is 0.759. The van der Waals surface area contributed by atoms with Crippen LogP contribution in [0.15, 0.2) is 6.07 Å². The van der Waals surface area contributed by atoms with Gasteiger partial charge in [0.05, 0.1) is 5.69 Å². The lowest BCUT2D eigenvalue weighted by Gasteiger charge is -2.08. The maximum absolute atomic E-state index is 6.41. The van der Waals surface area contributed by atoms with Gasteiger partial charge in [0.2, 0.25) is 0 Å². The summed E-state index contributed by atoms with van der Waals surface area (Å²) in [5.74, 6) is 0. The summed E-state index contributed by atoms with van der Waals surface area (Å²) >= 11 is 6.41. The van der Waals surface area contributed by atoms with Crippen LogP contribution in [-0.4, -0.2) is 14.6 Å². The predicted octanol–water partition coefficient (Wildman–Crippen LogP) is 2.96. The van der Waals surface area contributed by atoms with E-state index in [-0.39, 0.29) is 0 Å². The van der Waals surface area contributed by atoms with Crippen LogP contribution < -0.4 is 0 Å². The maximum Gasteiger partial charge on any atom is 0.157 e. The molecule has 84 valence electrons. The fourth-order valence-electron chi connectivity index (χ4n) is 2.39. The predicted molar refractivity (Wildman–Crippen MR) is 64.0 cm³/mol. The average Bonchev–Trinajstić information content (AvgIpc) is 2.48. The zero-order chi connectivity index (χ0) is 11.1. The summed E-state index contributed by atoms with van der Waals surface area (Å²) in [6, 6.07) is 1.98. The van der Waals surface area contributed by atoms with Crippen LogP contribution in [0, 0.1) is 6.92 Å². The highest BCUT2D eigenvalue weighted by Gasteiger charge is 2.16. The number of rotatable bonds is 0. The van der Waals surface area contributed by atoms with Gasteiger partial charge in [-0.1, -0.05) is 18.0 Å². The molecule has 0 saturated carbocycles. The number of nitrogens with zero attached hydrogens (tertiary/aromatic N) is 3. The summed E-state index contributed by atoms with van der Waals surface area (Å²) in [5.41, 5.74) is 4.22. The number of aromatic nitrogens is 3. The molecule has 0 N–H and O–H groups in total. The molecule has 0 fully saturated rings. The van der Waals surface area contributed by atoms with Gasteiger partial charge in [-0.15, -0.1) is 0 Å². The van der Waals surface area contributed by atoms with E-state index in [1.807, 2.05) is 13.0 Å². The lowest BCUT2D eigenvalue weighted by atomic mass is 10.1. The van der Waals surface area contributed by atoms with Gasteiger partial charge in [-0.25, -0.2) is 9.50 Å². The van der Waals surface area contributed by atoms with Crippen molar-refractivity contribution in [2.24, 2.45) is 0 Å². The third kappa shape index (κ3) is 1.50. The standard InChI is InChI=1S/C12H14ClN3/c1-8-7-11-14-10-6-4-2-3-5-9(10)12(13)16(11)15-8/h7H,2-6H2,1H3. The first-order valence-corrected chi connectivity index (χ1v) is 6.17. The van der Waals surface area contributed by atoms with Crippen LogP contribution in [0.5, 0.6) is 0 Å². The van der Waals surface area contributed by atoms with Crippen LogP contribution in [0.3, 0.4) is 0 Å². The van der Waals surface area contributed by atoms with E-state index in [4.69, 9.17) is 11.6 Å². The van der Waals surface area contributed by atoms with Crippen molar-refractivity contribution in [1.29, 1.82) is 0 Å². The summed E-state index contributed by atoms with van der Waals surface area (Å²) in [5, 5.41) is 5.13. The molecule has 3 nitrogen and oxygen atoms in total. The topological polar surface area (TPSA) is 30.2 Å². The zero-order valence-electron chi connectivity index (χ0n) is 9.33. The third-order valence-electron chi connectivity index (χ3n) is 3.19. The fraction of sp³-hybridized carbons (Fsp3) is 0.500. The van der Waals surface area contributed by atoms with Gasteiger partial charge < -0.3 is 0 Å². The van der Waals surface area contributed by atoms with Gasteiger partial charge in [-0.3, -0.25) is 0 Å². The van der Waals surface area contributed by atoms with Gasteiger partial charge >= 0.3 is 0 Å². The molecule has 2 aromatic rings. The van der Waals surface area contributed by atoms with Crippen LogP contribution in [0.25, 0.3) is 5.65 Å². The summed E-state index contributed by atoms with van der Waals surface area (Å²) in [4.78, 5) is 4.67. The molecule has 3 rings (SSSR count). The third-order valence-corrected chi connectivity index (χ3v) is 3.57. The van der Waals surface area contributed by atoms with Crippen molar-refractivity contribution in [3.63, 3.8) is 0 Å². The van der Waals surface area contributed by atoms with Crippen molar-refractivity contribution < 1.29 is 0 Å². The van der Waals surface area contributed by atoms with Gasteiger partial charge in [0, 0.05) is 17.3 Å². The molecule has 0 spiro atoms.